The van der Waals surface area contributed by atoms with Crippen LogP contribution in [0.15, 0.2) is 17.0 Å². The van der Waals surface area contributed by atoms with Gasteiger partial charge in [-0.3, -0.25) is 0 Å². The predicted molar refractivity (Wildman–Crippen MR) is 57.0 cm³/mol. The molecule has 0 spiro atoms. The first-order valence-corrected chi connectivity index (χ1v) is 6.53. The average molecular weight is 280 g/mol. The first-order valence-electron chi connectivity index (χ1n) is 4.64. The Labute approximate surface area is 102 Å². The summed E-state index contributed by atoms with van der Waals surface area (Å²) in [6, 6.07) is 1.23. The first kappa shape index (κ1) is 14.4. The van der Waals surface area contributed by atoms with Crippen LogP contribution in [0.5, 0.6) is 5.75 Å². The number of carbonyl (C=O) groups excluding carboxylic acids is 1. The Bertz CT molecular complexity index is 545. The summed E-state index contributed by atoms with van der Waals surface area (Å²) in [6.07, 6.45) is 0.816. The summed E-state index contributed by atoms with van der Waals surface area (Å²) in [5.74, 6) is -4.06. The molecule has 0 fully saturated rings. The van der Waals surface area contributed by atoms with Crippen LogP contribution in [0, 0.1) is 11.6 Å². The van der Waals surface area contributed by atoms with Crippen LogP contribution in [0.3, 0.4) is 0 Å². The maximum Gasteiger partial charge on any atom is 0.343 e. The average Bonchev–Trinajstić information content (AvgIpc) is 2.26. The summed E-state index contributed by atoms with van der Waals surface area (Å²) in [5.41, 5.74) is 0. The number of ether oxygens (including phenoxy) is 2. The lowest BCUT2D eigenvalue weighted by Gasteiger charge is -2.08. The molecular formula is C10H10F2O5S. The van der Waals surface area contributed by atoms with Gasteiger partial charge in [-0.1, -0.05) is 0 Å². The summed E-state index contributed by atoms with van der Waals surface area (Å²) >= 11 is 0. The van der Waals surface area contributed by atoms with E-state index in [1.54, 1.807) is 0 Å². The summed E-state index contributed by atoms with van der Waals surface area (Å²) in [4.78, 5) is 10.2. The fourth-order valence-electron chi connectivity index (χ4n) is 1.08. The van der Waals surface area contributed by atoms with Crippen molar-refractivity contribution in [1.82, 2.24) is 0 Å². The first-order chi connectivity index (χ1) is 8.25. The van der Waals surface area contributed by atoms with Crippen LogP contribution in [0.2, 0.25) is 0 Å². The Morgan fingerprint density at radius 2 is 1.78 bits per heavy atom. The number of rotatable bonds is 4. The molecule has 0 saturated heterocycles. The van der Waals surface area contributed by atoms with E-state index in [4.69, 9.17) is 0 Å². The molecule has 1 rings (SSSR count). The van der Waals surface area contributed by atoms with E-state index >= 15 is 0 Å². The third-order valence-corrected chi connectivity index (χ3v) is 3.05. The molecule has 0 unspecified atom stereocenters. The van der Waals surface area contributed by atoms with Crippen molar-refractivity contribution in [3.63, 3.8) is 0 Å². The van der Waals surface area contributed by atoms with E-state index in [1.807, 2.05) is 0 Å². The fraction of sp³-hybridized carbons (Fsp3) is 0.300. The van der Waals surface area contributed by atoms with E-state index in [0.717, 1.165) is 13.4 Å². The zero-order valence-electron chi connectivity index (χ0n) is 9.57. The normalized spacial score (nSPS) is 11.1. The largest absolute Gasteiger partial charge is 0.476 e. The quantitative estimate of drug-likeness (QED) is 0.767. The van der Waals surface area contributed by atoms with Gasteiger partial charge in [0, 0.05) is 6.26 Å². The van der Waals surface area contributed by atoms with Crippen LogP contribution in [-0.4, -0.2) is 34.4 Å². The van der Waals surface area contributed by atoms with Crippen LogP contribution < -0.4 is 4.74 Å². The Balaban J connectivity index is 3.06. The highest BCUT2D eigenvalue weighted by atomic mass is 32.2. The second-order valence-electron chi connectivity index (χ2n) is 3.35. The Kier molecular flexibility index (Phi) is 4.23. The minimum absolute atomic E-state index is 0.511. The molecule has 18 heavy (non-hydrogen) atoms. The second kappa shape index (κ2) is 5.30. The highest BCUT2D eigenvalue weighted by Gasteiger charge is 2.18. The SMILES string of the molecule is COC(=O)COc1c(F)cc(S(C)(=O)=O)cc1F. The maximum absolute atomic E-state index is 13.4. The zero-order chi connectivity index (χ0) is 13.9. The Hall–Kier alpha value is -1.70. The van der Waals surface area contributed by atoms with Crippen LogP contribution in [-0.2, 0) is 19.4 Å². The van der Waals surface area contributed by atoms with Gasteiger partial charge in [0.2, 0.25) is 0 Å². The molecule has 5 nitrogen and oxygen atoms in total. The molecule has 0 atom stereocenters. The van der Waals surface area contributed by atoms with Crippen LogP contribution >= 0.6 is 0 Å². The predicted octanol–water partition coefficient (Wildman–Crippen LogP) is 0.920. The molecule has 0 bridgehead atoms. The standard InChI is InChI=1S/C10H10F2O5S/c1-16-9(13)5-17-10-7(11)3-6(4-8(10)12)18(2,14)15/h3-4H,5H2,1-2H3. The number of esters is 1. The molecule has 0 radical (unpaired) electrons. The van der Waals surface area contributed by atoms with Gasteiger partial charge in [0.15, 0.2) is 33.8 Å². The monoisotopic (exact) mass is 280 g/mol. The molecule has 8 heteroatoms. The second-order valence-corrected chi connectivity index (χ2v) is 5.37. The number of hydrogen-bond acceptors (Lipinski definition) is 5. The number of methoxy groups -OCH3 is 1. The lowest BCUT2D eigenvalue weighted by molar-refractivity contribution is -0.143. The summed E-state index contributed by atoms with van der Waals surface area (Å²) in [5, 5.41) is 0. The number of hydrogen-bond donors (Lipinski definition) is 0. The number of sulfone groups is 1. The van der Waals surface area contributed by atoms with Crippen LogP contribution in [0.25, 0.3) is 0 Å². The van der Waals surface area contributed by atoms with E-state index in [-0.39, 0.29) is 0 Å². The molecule has 0 aliphatic rings. The molecule has 0 N–H and O–H groups in total. The van der Waals surface area contributed by atoms with Gasteiger partial charge < -0.3 is 9.47 Å². The van der Waals surface area contributed by atoms with E-state index in [1.165, 1.54) is 0 Å². The zero-order valence-corrected chi connectivity index (χ0v) is 10.4. The van der Waals surface area contributed by atoms with Crippen molar-refractivity contribution in [2.75, 3.05) is 20.0 Å². The van der Waals surface area contributed by atoms with Crippen molar-refractivity contribution in [3.8, 4) is 5.75 Å². The molecule has 0 amide bonds. The fourth-order valence-corrected chi connectivity index (χ4v) is 1.71. The van der Waals surface area contributed by atoms with Crippen molar-refractivity contribution < 1.29 is 31.5 Å². The van der Waals surface area contributed by atoms with Gasteiger partial charge in [-0.05, 0) is 12.1 Å². The summed E-state index contributed by atoms with van der Waals surface area (Å²) < 4.78 is 57.8. The minimum atomic E-state index is -3.73. The van der Waals surface area contributed by atoms with Crippen molar-refractivity contribution in [2.24, 2.45) is 0 Å². The lowest BCUT2D eigenvalue weighted by Crippen LogP contribution is -2.14. The van der Waals surface area contributed by atoms with E-state index in [9.17, 15) is 22.0 Å². The highest BCUT2D eigenvalue weighted by Crippen LogP contribution is 2.25. The Morgan fingerprint density at radius 1 is 1.28 bits per heavy atom. The van der Waals surface area contributed by atoms with Gasteiger partial charge in [0.1, 0.15) is 0 Å². The number of halogens is 2. The molecule has 1 aromatic carbocycles. The summed E-state index contributed by atoms with van der Waals surface area (Å²) in [7, 11) is -2.64. The molecule has 0 aromatic heterocycles. The van der Waals surface area contributed by atoms with E-state index in [0.29, 0.717) is 12.1 Å². The van der Waals surface area contributed by atoms with Crippen molar-refractivity contribution >= 4 is 15.8 Å². The molecular weight excluding hydrogens is 270 g/mol. The molecule has 1 aromatic rings. The number of carbonyl (C=O) groups is 1. The molecule has 0 aliphatic carbocycles. The van der Waals surface area contributed by atoms with Crippen molar-refractivity contribution in [1.29, 1.82) is 0 Å². The molecule has 0 saturated carbocycles. The van der Waals surface area contributed by atoms with Gasteiger partial charge >= 0.3 is 5.97 Å². The van der Waals surface area contributed by atoms with Crippen LogP contribution in [0.4, 0.5) is 8.78 Å². The lowest BCUT2D eigenvalue weighted by atomic mass is 10.3. The third kappa shape index (κ3) is 3.39. The van der Waals surface area contributed by atoms with Crippen LogP contribution in [0.1, 0.15) is 0 Å². The van der Waals surface area contributed by atoms with Gasteiger partial charge in [-0.15, -0.1) is 0 Å². The Morgan fingerprint density at radius 3 is 2.17 bits per heavy atom. The highest BCUT2D eigenvalue weighted by molar-refractivity contribution is 7.90. The topological polar surface area (TPSA) is 69.7 Å². The van der Waals surface area contributed by atoms with Gasteiger partial charge in [0.05, 0.1) is 12.0 Å². The van der Waals surface area contributed by atoms with Gasteiger partial charge in [-0.2, -0.15) is 0 Å². The van der Waals surface area contributed by atoms with Gasteiger partial charge in [0.25, 0.3) is 0 Å². The summed E-state index contributed by atoms with van der Waals surface area (Å²) in [6.45, 7) is -0.678. The molecule has 0 heterocycles. The third-order valence-electron chi connectivity index (χ3n) is 1.96. The maximum atomic E-state index is 13.4. The van der Waals surface area contributed by atoms with Crippen molar-refractivity contribution in [2.45, 2.75) is 4.90 Å². The number of benzene rings is 1. The van der Waals surface area contributed by atoms with Gasteiger partial charge in [-0.25, -0.2) is 22.0 Å². The smallest absolute Gasteiger partial charge is 0.343 e. The minimum Gasteiger partial charge on any atom is -0.476 e. The van der Waals surface area contributed by atoms with E-state index < -0.39 is 44.7 Å². The van der Waals surface area contributed by atoms with Crippen molar-refractivity contribution in [3.05, 3.63) is 23.8 Å². The van der Waals surface area contributed by atoms with E-state index in [2.05, 4.69) is 9.47 Å². The molecule has 100 valence electrons. The molecule has 0 aliphatic heterocycles.